The molecule has 0 radical (unpaired) electrons. The molecule has 0 aliphatic heterocycles. The molecule has 2 aliphatic carbocycles. The molecule has 0 saturated heterocycles. The van der Waals surface area contributed by atoms with Crippen LogP contribution in [0.15, 0.2) is 24.5 Å². The summed E-state index contributed by atoms with van der Waals surface area (Å²) in [7, 11) is 0. The minimum absolute atomic E-state index is 0.192. The van der Waals surface area contributed by atoms with Gasteiger partial charge < -0.3 is 4.90 Å². The van der Waals surface area contributed by atoms with Gasteiger partial charge in [-0.2, -0.15) is 0 Å². The van der Waals surface area contributed by atoms with Gasteiger partial charge in [-0.3, -0.25) is 9.78 Å². The van der Waals surface area contributed by atoms with E-state index in [0.29, 0.717) is 12.1 Å². The van der Waals surface area contributed by atoms with Crippen LogP contribution in [0, 0.1) is 0 Å². The van der Waals surface area contributed by atoms with Gasteiger partial charge in [-0.1, -0.05) is 19.3 Å². The highest BCUT2D eigenvalue weighted by molar-refractivity contribution is 5.94. The fourth-order valence-corrected chi connectivity index (χ4v) is 2.98. The summed E-state index contributed by atoms with van der Waals surface area (Å²) in [5, 5.41) is 0. The molecule has 3 rings (SSSR count). The van der Waals surface area contributed by atoms with E-state index < -0.39 is 0 Å². The van der Waals surface area contributed by atoms with Crippen molar-refractivity contribution in [2.24, 2.45) is 0 Å². The van der Waals surface area contributed by atoms with E-state index in [2.05, 4.69) is 9.88 Å². The summed E-state index contributed by atoms with van der Waals surface area (Å²) >= 11 is 0. The monoisotopic (exact) mass is 244 g/mol. The zero-order valence-electron chi connectivity index (χ0n) is 10.7. The summed E-state index contributed by atoms with van der Waals surface area (Å²) in [5.41, 5.74) is 0.745. The van der Waals surface area contributed by atoms with Crippen LogP contribution in [0.25, 0.3) is 0 Å². The van der Waals surface area contributed by atoms with Crippen LogP contribution in [0.2, 0.25) is 0 Å². The Morgan fingerprint density at radius 3 is 2.44 bits per heavy atom. The number of amides is 1. The second-order valence-electron chi connectivity index (χ2n) is 5.48. The zero-order valence-corrected chi connectivity index (χ0v) is 10.7. The fraction of sp³-hybridized carbons (Fsp3) is 0.600. The predicted octanol–water partition coefficient (Wildman–Crippen LogP) is 3.02. The van der Waals surface area contributed by atoms with Gasteiger partial charge in [0.05, 0.1) is 5.56 Å². The lowest BCUT2D eigenvalue weighted by Crippen LogP contribution is -2.43. The lowest BCUT2D eigenvalue weighted by atomic mass is 9.93. The number of hydrogen-bond acceptors (Lipinski definition) is 2. The van der Waals surface area contributed by atoms with Crippen LogP contribution in [0.1, 0.15) is 55.3 Å². The maximum atomic E-state index is 12.6. The van der Waals surface area contributed by atoms with Crippen molar-refractivity contribution >= 4 is 5.91 Å². The van der Waals surface area contributed by atoms with Crippen LogP contribution in [-0.2, 0) is 0 Å². The second kappa shape index (κ2) is 5.09. The molecule has 0 unspecified atom stereocenters. The van der Waals surface area contributed by atoms with Crippen LogP contribution in [0.4, 0.5) is 0 Å². The first-order chi connectivity index (χ1) is 8.86. The van der Waals surface area contributed by atoms with Gasteiger partial charge in [-0.25, -0.2) is 0 Å². The summed E-state index contributed by atoms with van der Waals surface area (Å²) in [5.74, 6) is 0.192. The van der Waals surface area contributed by atoms with Crippen LogP contribution >= 0.6 is 0 Å². The Bertz CT molecular complexity index is 408. The van der Waals surface area contributed by atoms with Crippen molar-refractivity contribution in [3.8, 4) is 0 Å². The largest absolute Gasteiger partial charge is 0.333 e. The van der Waals surface area contributed by atoms with E-state index in [1.165, 1.54) is 44.9 Å². The Hall–Kier alpha value is -1.38. The van der Waals surface area contributed by atoms with Gasteiger partial charge in [0.1, 0.15) is 0 Å². The third-order valence-corrected chi connectivity index (χ3v) is 4.05. The molecule has 1 aromatic rings. The Morgan fingerprint density at radius 1 is 1.11 bits per heavy atom. The minimum atomic E-state index is 0.192. The van der Waals surface area contributed by atoms with Crippen LogP contribution in [0.3, 0.4) is 0 Å². The molecule has 0 N–H and O–H groups in total. The predicted molar refractivity (Wildman–Crippen MR) is 70.3 cm³/mol. The van der Waals surface area contributed by atoms with Crippen molar-refractivity contribution in [3.05, 3.63) is 30.1 Å². The van der Waals surface area contributed by atoms with Crippen LogP contribution < -0.4 is 0 Å². The molecule has 0 atom stereocenters. The third-order valence-electron chi connectivity index (χ3n) is 4.05. The molecule has 0 bridgehead atoms. The van der Waals surface area contributed by atoms with Gasteiger partial charge in [-0.05, 0) is 37.8 Å². The summed E-state index contributed by atoms with van der Waals surface area (Å²) in [6.07, 6.45) is 12.0. The molecule has 0 spiro atoms. The Balaban J connectivity index is 1.79. The Labute approximate surface area is 108 Å². The first-order valence-electron chi connectivity index (χ1n) is 7.09. The molecule has 1 heterocycles. The topological polar surface area (TPSA) is 33.2 Å². The summed E-state index contributed by atoms with van der Waals surface area (Å²) in [6, 6.07) is 4.70. The average molecular weight is 244 g/mol. The lowest BCUT2D eigenvalue weighted by molar-refractivity contribution is 0.0613. The zero-order chi connectivity index (χ0) is 12.4. The first kappa shape index (κ1) is 11.7. The van der Waals surface area contributed by atoms with E-state index in [-0.39, 0.29) is 5.91 Å². The molecule has 1 aromatic heterocycles. The van der Waals surface area contributed by atoms with E-state index in [0.717, 1.165) is 5.56 Å². The van der Waals surface area contributed by atoms with Crippen molar-refractivity contribution < 1.29 is 4.79 Å². The highest BCUT2D eigenvalue weighted by Crippen LogP contribution is 2.34. The maximum Gasteiger partial charge on any atom is 0.255 e. The van der Waals surface area contributed by atoms with Crippen LogP contribution in [0.5, 0.6) is 0 Å². The summed E-state index contributed by atoms with van der Waals surface area (Å²) < 4.78 is 0. The van der Waals surface area contributed by atoms with Gasteiger partial charge in [0.25, 0.3) is 5.91 Å². The first-order valence-corrected chi connectivity index (χ1v) is 7.09. The number of carbonyl (C=O) groups is 1. The van der Waals surface area contributed by atoms with Gasteiger partial charge in [0.2, 0.25) is 0 Å². The van der Waals surface area contributed by atoms with Gasteiger partial charge in [0, 0.05) is 24.5 Å². The maximum absolute atomic E-state index is 12.6. The van der Waals surface area contributed by atoms with Gasteiger partial charge in [0.15, 0.2) is 0 Å². The van der Waals surface area contributed by atoms with E-state index >= 15 is 0 Å². The molecular formula is C15H20N2O. The van der Waals surface area contributed by atoms with Crippen LogP contribution in [-0.4, -0.2) is 27.9 Å². The van der Waals surface area contributed by atoms with Gasteiger partial charge >= 0.3 is 0 Å². The third kappa shape index (κ3) is 2.40. The molecule has 0 aromatic carbocycles. The lowest BCUT2D eigenvalue weighted by Gasteiger charge is -2.34. The van der Waals surface area contributed by atoms with Crippen molar-refractivity contribution in [2.75, 3.05) is 0 Å². The molecule has 2 aliphatic rings. The minimum Gasteiger partial charge on any atom is -0.333 e. The van der Waals surface area contributed by atoms with Crippen molar-refractivity contribution in [1.82, 2.24) is 9.88 Å². The van der Waals surface area contributed by atoms with Crippen molar-refractivity contribution in [3.63, 3.8) is 0 Å². The molecule has 3 heteroatoms. The highest BCUT2D eigenvalue weighted by Gasteiger charge is 2.37. The van der Waals surface area contributed by atoms with Gasteiger partial charge in [-0.15, -0.1) is 0 Å². The molecule has 2 fully saturated rings. The van der Waals surface area contributed by atoms with Crippen molar-refractivity contribution in [1.29, 1.82) is 0 Å². The average Bonchev–Trinajstić information content (AvgIpc) is 3.26. The molecule has 3 nitrogen and oxygen atoms in total. The molecule has 1 amide bonds. The summed E-state index contributed by atoms with van der Waals surface area (Å²) in [4.78, 5) is 18.8. The number of pyridine rings is 1. The Morgan fingerprint density at radius 2 is 1.83 bits per heavy atom. The van der Waals surface area contributed by atoms with E-state index in [9.17, 15) is 4.79 Å². The second-order valence-corrected chi connectivity index (χ2v) is 5.48. The SMILES string of the molecule is O=C(c1cccnc1)N(C1CCCCC1)C1CC1. The molecular weight excluding hydrogens is 224 g/mol. The number of aromatic nitrogens is 1. The molecule has 2 saturated carbocycles. The smallest absolute Gasteiger partial charge is 0.255 e. The standard InChI is InChI=1S/C15H20N2O/c18-15(12-5-4-10-16-11-12)17(14-8-9-14)13-6-2-1-3-7-13/h4-5,10-11,13-14H,1-3,6-9H2. The number of nitrogens with zero attached hydrogens (tertiary/aromatic N) is 2. The summed E-state index contributed by atoms with van der Waals surface area (Å²) in [6.45, 7) is 0. The normalized spacial score (nSPS) is 20.7. The quantitative estimate of drug-likeness (QED) is 0.819. The van der Waals surface area contributed by atoms with E-state index in [1.54, 1.807) is 12.4 Å². The number of rotatable bonds is 3. The highest BCUT2D eigenvalue weighted by atomic mass is 16.2. The Kier molecular flexibility index (Phi) is 3.31. The molecule has 96 valence electrons. The number of hydrogen-bond donors (Lipinski definition) is 0. The number of carbonyl (C=O) groups excluding carboxylic acids is 1. The fourth-order valence-electron chi connectivity index (χ4n) is 2.98. The molecule has 18 heavy (non-hydrogen) atoms. The van der Waals surface area contributed by atoms with E-state index in [1.807, 2.05) is 12.1 Å². The van der Waals surface area contributed by atoms with Crippen molar-refractivity contribution in [2.45, 2.75) is 57.0 Å². The van der Waals surface area contributed by atoms with E-state index in [4.69, 9.17) is 0 Å².